The highest BCUT2D eigenvalue weighted by atomic mass is 16.1. The number of hydrogen-bond donors (Lipinski definition) is 2. The quantitative estimate of drug-likeness (QED) is 0.876. The van der Waals surface area contributed by atoms with Gasteiger partial charge in [-0.25, -0.2) is 4.98 Å². The Labute approximate surface area is 126 Å². The maximum Gasteiger partial charge on any atom is 0.267 e. The summed E-state index contributed by atoms with van der Waals surface area (Å²) in [5.41, 5.74) is 12.6. The van der Waals surface area contributed by atoms with Gasteiger partial charge in [0.25, 0.3) is 5.91 Å². The number of carbonyl (C=O) groups is 1. The molecule has 2 rings (SSSR count). The van der Waals surface area contributed by atoms with E-state index in [1.54, 1.807) is 12.1 Å². The van der Waals surface area contributed by atoms with E-state index in [2.05, 4.69) is 30.7 Å². The number of nitrogens with zero attached hydrogens (tertiary/aromatic N) is 2. The molecular formula is C16H26N4O. The molecule has 2 heterocycles. The molecule has 1 fully saturated rings. The van der Waals surface area contributed by atoms with Gasteiger partial charge in [0.1, 0.15) is 5.69 Å². The first kappa shape index (κ1) is 15.6. The molecule has 4 N–H and O–H groups in total. The van der Waals surface area contributed by atoms with Crippen LogP contribution in [0.1, 0.15) is 50.5 Å². The van der Waals surface area contributed by atoms with Crippen molar-refractivity contribution in [2.45, 2.75) is 40.0 Å². The molecule has 1 aromatic heterocycles. The number of nitrogens with two attached hydrogens (primary N) is 2. The number of nitrogen functional groups attached to an aromatic ring is 1. The van der Waals surface area contributed by atoms with Crippen LogP contribution in [0, 0.1) is 11.3 Å². The van der Waals surface area contributed by atoms with Gasteiger partial charge in [0.15, 0.2) is 5.82 Å². The Morgan fingerprint density at radius 2 is 2.00 bits per heavy atom. The molecular weight excluding hydrogens is 264 g/mol. The number of primary amides is 1. The molecule has 1 saturated heterocycles. The lowest BCUT2D eigenvalue weighted by Gasteiger charge is -2.30. The van der Waals surface area contributed by atoms with Gasteiger partial charge in [0, 0.05) is 13.1 Å². The molecule has 0 radical (unpaired) electrons. The van der Waals surface area contributed by atoms with Crippen molar-refractivity contribution in [1.29, 1.82) is 0 Å². The van der Waals surface area contributed by atoms with Crippen LogP contribution in [0.3, 0.4) is 0 Å². The molecule has 5 nitrogen and oxygen atoms in total. The van der Waals surface area contributed by atoms with Crippen molar-refractivity contribution in [3.05, 3.63) is 17.8 Å². The molecule has 0 saturated carbocycles. The highest BCUT2D eigenvalue weighted by molar-refractivity contribution is 5.91. The zero-order valence-electron chi connectivity index (χ0n) is 13.2. The molecule has 1 unspecified atom stereocenters. The van der Waals surface area contributed by atoms with Crippen molar-refractivity contribution >= 4 is 17.4 Å². The van der Waals surface area contributed by atoms with Gasteiger partial charge in [-0.05, 0) is 42.7 Å². The first-order valence-corrected chi connectivity index (χ1v) is 7.60. The summed E-state index contributed by atoms with van der Waals surface area (Å²) in [5.74, 6) is 0.877. The number of aromatic nitrogens is 1. The van der Waals surface area contributed by atoms with Gasteiger partial charge in [0.05, 0.1) is 5.69 Å². The topological polar surface area (TPSA) is 85.2 Å². The molecule has 1 aromatic rings. The molecule has 0 aliphatic carbocycles. The normalized spacial score (nSPS) is 20.1. The number of pyridine rings is 1. The second kappa shape index (κ2) is 5.92. The summed E-state index contributed by atoms with van der Waals surface area (Å²) in [6, 6.07) is 3.30. The predicted molar refractivity (Wildman–Crippen MR) is 86.2 cm³/mol. The minimum absolute atomic E-state index is 0.274. The van der Waals surface area contributed by atoms with Crippen LogP contribution in [0.4, 0.5) is 11.5 Å². The van der Waals surface area contributed by atoms with E-state index >= 15 is 0 Å². The molecule has 0 bridgehead atoms. The van der Waals surface area contributed by atoms with E-state index in [9.17, 15) is 4.79 Å². The minimum Gasteiger partial charge on any atom is -0.396 e. The average Bonchev–Trinajstić information content (AvgIpc) is 2.64. The van der Waals surface area contributed by atoms with E-state index in [4.69, 9.17) is 11.5 Å². The fourth-order valence-corrected chi connectivity index (χ4v) is 3.02. The molecule has 116 valence electrons. The SMILES string of the molecule is CC(C)(C)C1CCCN(c2nc(C(N)=O)ccc2N)CC1. The van der Waals surface area contributed by atoms with Crippen LogP contribution in [-0.4, -0.2) is 24.0 Å². The van der Waals surface area contributed by atoms with Crippen LogP contribution in [0.15, 0.2) is 12.1 Å². The van der Waals surface area contributed by atoms with Crippen molar-refractivity contribution in [3.8, 4) is 0 Å². The van der Waals surface area contributed by atoms with Crippen molar-refractivity contribution in [2.75, 3.05) is 23.7 Å². The Morgan fingerprint density at radius 3 is 2.62 bits per heavy atom. The number of anilines is 2. The summed E-state index contributed by atoms with van der Waals surface area (Å²) in [5, 5.41) is 0. The van der Waals surface area contributed by atoms with Gasteiger partial charge in [-0.3, -0.25) is 4.79 Å². The lowest BCUT2D eigenvalue weighted by molar-refractivity contribution is 0.0995. The fraction of sp³-hybridized carbons (Fsp3) is 0.625. The van der Waals surface area contributed by atoms with Crippen LogP contribution in [0.25, 0.3) is 0 Å². The lowest BCUT2D eigenvalue weighted by atomic mass is 9.77. The van der Waals surface area contributed by atoms with Gasteiger partial charge in [0.2, 0.25) is 0 Å². The molecule has 0 spiro atoms. The molecule has 1 amide bonds. The Kier molecular flexibility index (Phi) is 4.40. The third-order valence-electron chi connectivity index (χ3n) is 4.41. The van der Waals surface area contributed by atoms with Crippen LogP contribution in [0.5, 0.6) is 0 Å². The average molecular weight is 290 g/mol. The Bertz CT molecular complexity index is 521. The number of carbonyl (C=O) groups excluding carboxylic acids is 1. The Hall–Kier alpha value is -1.78. The number of amides is 1. The largest absolute Gasteiger partial charge is 0.396 e. The van der Waals surface area contributed by atoms with E-state index in [-0.39, 0.29) is 5.69 Å². The summed E-state index contributed by atoms with van der Waals surface area (Å²) >= 11 is 0. The maximum atomic E-state index is 11.3. The standard InChI is InChI=1S/C16H26N4O/c1-16(2,3)11-5-4-9-20(10-8-11)15-12(17)6-7-13(19-15)14(18)21/h6-7,11H,4-5,8-10,17H2,1-3H3,(H2,18,21). The highest BCUT2D eigenvalue weighted by Gasteiger charge is 2.28. The van der Waals surface area contributed by atoms with E-state index in [1.165, 1.54) is 6.42 Å². The molecule has 1 aliphatic heterocycles. The summed E-state index contributed by atoms with van der Waals surface area (Å²) in [7, 11) is 0. The van der Waals surface area contributed by atoms with Gasteiger partial charge in [-0.15, -0.1) is 0 Å². The zero-order chi connectivity index (χ0) is 15.6. The third-order valence-corrected chi connectivity index (χ3v) is 4.41. The number of hydrogen-bond acceptors (Lipinski definition) is 4. The van der Waals surface area contributed by atoms with E-state index < -0.39 is 5.91 Å². The van der Waals surface area contributed by atoms with E-state index in [0.29, 0.717) is 22.8 Å². The smallest absolute Gasteiger partial charge is 0.267 e. The summed E-state index contributed by atoms with van der Waals surface area (Å²) in [6.07, 6.45) is 3.45. The predicted octanol–water partition coefficient (Wildman–Crippen LogP) is 2.42. The monoisotopic (exact) mass is 290 g/mol. The maximum absolute atomic E-state index is 11.3. The summed E-state index contributed by atoms with van der Waals surface area (Å²) in [4.78, 5) is 17.8. The second-order valence-electron chi connectivity index (χ2n) is 6.95. The minimum atomic E-state index is -0.515. The molecule has 0 aromatic carbocycles. The van der Waals surface area contributed by atoms with Crippen LogP contribution >= 0.6 is 0 Å². The first-order chi connectivity index (χ1) is 9.79. The van der Waals surface area contributed by atoms with E-state index in [0.717, 1.165) is 25.9 Å². The van der Waals surface area contributed by atoms with Crippen molar-refractivity contribution in [1.82, 2.24) is 4.98 Å². The Morgan fingerprint density at radius 1 is 1.29 bits per heavy atom. The van der Waals surface area contributed by atoms with Gasteiger partial charge in [-0.1, -0.05) is 20.8 Å². The summed E-state index contributed by atoms with van der Waals surface area (Å²) < 4.78 is 0. The van der Waals surface area contributed by atoms with E-state index in [1.807, 2.05) is 0 Å². The highest BCUT2D eigenvalue weighted by Crippen LogP contribution is 2.35. The van der Waals surface area contributed by atoms with Crippen LogP contribution in [-0.2, 0) is 0 Å². The first-order valence-electron chi connectivity index (χ1n) is 7.60. The van der Waals surface area contributed by atoms with Gasteiger partial charge < -0.3 is 16.4 Å². The lowest BCUT2D eigenvalue weighted by Crippen LogP contribution is -2.28. The van der Waals surface area contributed by atoms with Crippen molar-refractivity contribution in [2.24, 2.45) is 17.1 Å². The third kappa shape index (κ3) is 3.65. The van der Waals surface area contributed by atoms with Gasteiger partial charge >= 0.3 is 0 Å². The molecule has 1 atom stereocenters. The summed E-state index contributed by atoms with van der Waals surface area (Å²) in [6.45, 7) is 8.74. The van der Waals surface area contributed by atoms with Crippen LogP contribution in [0.2, 0.25) is 0 Å². The molecule has 1 aliphatic rings. The van der Waals surface area contributed by atoms with Crippen molar-refractivity contribution < 1.29 is 4.79 Å². The molecule has 5 heteroatoms. The van der Waals surface area contributed by atoms with Crippen LogP contribution < -0.4 is 16.4 Å². The number of rotatable bonds is 2. The Balaban J connectivity index is 2.19. The molecule has 21 heavy (non-hydrogen) atoms. The fourth-order valence-electron chi connectivity index (χ4n) is 3.02. The van der Waals surface area contributed by atoms with Gasteiger partial charge in [-0.2, -0.15) is 0 Å². The second-order valence-corrected chi connectivity index (χ2v) is 6.95. The zero-order valence-corrected chi connectivity index (χ0v) is 13.2. The van der Waals surface area contributed by atoms with Crippen molar-refractivity contribution in [3.63, 3.8) is 0 Å².